The van der Waals surface area contributed by atoms with E-state index < -0.39 is 15.6 Å². The second kappa shape index (κ2) is 11.5. The number of methoxy groups -OCH3 is 1. The molecule has 198 valence electrons. The Hall–Kier alpha value is -2.42. The summed E-state index contributed by atoms with van der Waals surface area (Å²) in [5, 5.41) is 12.4. The zero-order chi connectivity index (χ0) is 26.6. The first-order valence-electron chi connectivity index (χ1n) is 12.5. The molecule has 0 spiro atoms. The minimum Gasteiger partial charge on any atom is -0.497 e. The van der Waals surface area contributed by atoms with E-state index in [1.807, 2.05) is 73.6 Å². The van der Waals surface area contributed by atoms with Crippen molar-refractivity contribution in [3.63, 3.8) is 0 Å². The Labute approximate surface area is 225 Å². The van der Waals surface area contributed by atoms with Crippen LogP contribution in [0.15, 0.2) is 83.8 Å². The molecule has 37 heavy (non-hydrogen) atoms. The summed E-state index contributed by atoms with van der Waals surface area (Å²) in [5.41, 5.74) is 0.600. The van der Waals surface area contributed by atoms with Gasteiger partial charge in [0, 0.05) is 30.1 Å². The van der Waals surface area contributed by atoms with Crippen molar-refractivity contribution in [2.24, 2.45) is 5.92 Å². The van der Waals surface area contributed by atoms with Crippen LogP contribution in [-0.4, -0.2) is 56.5 Å². The van der Waals surface area contributed by atoms with Gasteiger partial charge in [0.15, 0.2) is 0 Å². The average Bonchev–Trinajstić information content (AvgIpc) is 2.89. The van der Waals surface area contributed by atoms with Crippen LogP contribution in [0.4, 0.5) is 0 Å². The molecule has 0 aliphatic heterocycles. The van der Waals surface area contributed by atoms with Crippen LogP contribution < -0.4 is 4.74 Å². The number of halogens is 1. The molecule has 0 unspecified atom stereocenters. The van der Waals surface area contributed by atoms with E-state index >= 15 is 0 Å². The lowest BCUT2D eigenvalue weighted by Gasteiger charge is -2.47. The molecular weight excluding hydrogens is 508 g/mol. The molecule has 1 fully saturated rings. The first-order chi connectivity index (χ1) is 17.6. The van der Waals surface area contributed by atoms with E-state index in [4.69, 9.17) is 16.3 Å². The van der Waals surface area contributed by atoms with Crippen molar-refractivity contribution in [3.8, 4) is 5.75 Å². The Morgan fingerprint density at radius 1 is 1.03 bits per heavy atom. The smallest absolute Gasteiger partial charge is 0.243 e. The van der Waals surface area contributed by atoms with Crippen molar-refractivity contribution >= 4 is 21.6 Å². The third-order valence-corrected chi connectivity index (χ3v) is 9.37. The number of ether oxygens (including phenoxy) is 1. The predicted molar refractivity (Wildman–Crippen MR) is 147 cm³/mol. The quantitative estimate of drug-likeness (QED) is 0.404. The van der Waals surface area contributed by atoms with E-state index in [1.54, 1.807) is 29.6 Å². The second-order valence-corrected chi connectivity index (χ2v) is 12.4. The third kappa shape index (κ3) is 6.19. The van der Waals surface area contributed by atoms with Gasteiger partial charge in [0.1, 0.15) is 5.75 Å². The minimum absolute atomic E-state index is 0.175. The molecule has 0 radical (unpaired) electrons. The molecule has 0 bridgehead atoms. The highest BCUT2D eigenvalue weighted by Gasteiger charge is 2.47. The maximum absolute atomic E-state index is 14.0. The van der Waals surface area contributed by atoms with Gasteiger partial charge in [-0.25, -0.2) is 8.42 Å². The monoisotopic (exact) mass is 542 g/mol. The van der Waals surface area contributed by atoms with Crippen molar-refractivity contribution in [3.05, 3.63) is 95.0 Å². The molecule has 0 heterocycles. The molecule has 1 aliphatic rings. The topological polar surface area (TPSA) is 70.1 Å². The molecule has 1 saturated carbocycles. The Bertz CT molecular complexity index is 1300. The van der Waals surface area contributed by atoms with Gasteiger partial charge in [0.2, 0.25) is 10.0 Å². The maximum atomic E-state index is 14.0. The van der Waals surface area contributed by atoms with Crippen LogP contribution in [0.5, 0.6) is 5.75 Å². The van der Waals surface area contributed by atoms with E-state index in [1.165, 1.54) is 6.07 Å². The number of rotatable bonds is 9. The molecule has 8 heteroatoms. The first kappa shape index (κ1) is 27.6. The minimum atomic E-state index is -3.85. The molecule has 6 nitrogen and oxygen atoms in total. The summed E-state index contributed by atoms with van der Waals surface area (Å²) in [5.74, 6) is 0.493. The van der Waals surface area contributed by atoms with Crippen molar-refractivity contribution in [1.82, 2.24) is 9.21 Å². The van der Waals surface area contributed by atoms with Crippen molar-refractivity contribution in [2.45, 2.75) is 42.3 Å². The number of benzene rings is 3. The predicted octanol–water partition coefficient (Wildman–Crippen LogP) is 5.16. The van der Waals surface area contributed by atoms with Crippen molar-refractivity contribution in [2.75, 3.05) is 27.7 Å². The number of aliphatic hydroxyl groups is 1. The van der Waals surface area contributed by atoms with Gasteiger partial charge in [-0.1, -0.05) is 60.1 Å². The van der Waals surface area contributed by atoms with Crippen LogP contribution in [0.3, 0.4) is 0 Å². The molecule has 1 aliphatic carbocycles. The van der Waals surface area contributed by atoms with Crippen LogP contribution in [0, 0.1) is 5.92 Å². The number of hydrogen-bond donors (Lipinski definition) is 1. The lowest BCUT2D eigenvalue weighted by molar-refractivity contribution is -0.0763. The van der Waals surface area contributed by atoms with Gasteiger partial charge in [-0.05, 0) is 74.8 Å². The van der Waals surface area contributed by atoms with E-state index in [0.29, 0.717) is 36.6 Å². The van der Waals surface area contributed by atoms with E-state index in [9.17, 15) is 13.5 Å². The summed E-state index contributed by atoms with van der Waals surface area (Å²) in [6.45, 7) is 0.854. The molecule has 1 N–H and O–H groups in total. The normalized spacial score (nSPS) is 22.4. The Morgan fingerprint density at radius 2 is 1.76 bits per heavy atom. The first-order valence-corrected chi connectivity index (χ1v) is 14.3. The summed E-state index contributed by atoms with van der Waals surface area (Å²) in [6, 6.07) is 23.3. The number of nitrogens with zero attached hydrogens (tertiary/aromatic N) is 2. The summed E-state index contributed by atoms with van der Waals surface area (Å²) < 4.78 is 35.0. The Balaban J connectivity index is 1.72. The molecule has 4 rings (SSSR count). The van der Waals surface area contributed by atoms with Crippen LogP contribution in [0.1, 0.15) is 30.4 Å². The Morgan fingerprint density at radius 3 is 2.43 bits per heavy atom. The van der Waals surface area contributed by atoms with E-state index in [-0.39, 0.29) is 23.4 Å². The van der Waals surface area contributed by atoms with Crippen LogP contribution in [0.2, 0.25) is 5.02 Å². The fourth-order valence-corrected chi connectivity index (χ4v) is 7.32. The summed E-state index contributed by atoms with van der Waals surface area (Å²) in [7, 11) is 1.70. The molecule has 3 atom stereocenters. The highest BCUT2D eigenvalue weighted by Crippen LogP contribution is 2.45. The van der Waals surface area contributed by atoms with E-state index in [2.05, 4.69) is 0 Å². The van der Waals surface area contributed by atoms with Gasteiger partial charge in [-0.15, -0.1) is 0 Å². The van der Waals surface area contributed by atoms with Gasteiger partial charge in [-0.3, -0.25) is 0 Å². The average molecular weight is 543 g/mol. The van der Waals surface area contributed by atoms with Crippen LogP contribution >= 0.6 is 11.6 Å². The van der Waals surface area contributed by atoms with Crippen molar-refractivity contribution in [1.29, 1.82) is 0 Å². The zero-order valence-corrected chi connectivity index (χ0v) is 23.1. The third-order valence-electron chi connectivity index (χ3n) is 7.24. The molecule has 0 aromatic heterocycles. The summed E-state index contributed by atoms with van der Waals surface area (Å²) in [6.07, 6.45) is 1.46. The maximum Gasteiger partial charge on any atom is 0.243 e. The van der Waals surface area contributed by atoms with Crippen LogP contribution in [0.25, 0.3) is 0 Å². The van der Waals surface area contributed by atoms with Gasteiger partial charge in [0.05, 0.1) is 17.6 Å². The molecule has 0 amide bonds. The van der Waals surface area contributed by atoms with Crippen molar-refractivity contribution < 1.29 is 18.3 Å². The molecule has 0 saturated heterocycles. The number of hydrogen-bond acceptors (Lipinski definition) is 5. The summed E-state index contributed by atoms with van der Waals surface area (Å²) >= 11 is 6.18. The SMILES string of the molecule is COc1cccc([C@]2(O)CC[C@@H](N(Cc3ccccc3)S(=O)(=O)c3cccc(Cl)c3)C[C@H]2CN(C)C)c1. The van der Waals surface area contributed by atoms with Crippen LogP contribution in [-0.2, 0) is 22.2 Å². The highest BCUT2D eigenvalue weighted by atomic mass is 35.5. The fourth-order valence-electron chi connectivity index (χ4n) is 5.37. The molecule has 3 aromatic carbocycles. The number of sulfonamides is 1. The second-order valence-electron chi connectivity index (χ2n) is 10.0. The molecule has 3 aromatic rings. The summed E-state index contributed by atoms with van der Waals surface area (Å²) in [4.78, 5) is 2.22. The lowest BCUT2D eigenvalue weighted by Crippen LogP contribution is -2.51. The zero-order valence-electron chi connectivity index (χ0n) is 21.5. The molecular formula is C29H35ClN2O4S. The standard InChI is InChI=1S/C29H35ClN2O4S/c1-31(2)21-24-17-26(15-16-29(24,33)23-11-7-13-27(18-23)36-3)32(20-22-9-5-4-6-10-22)37(34,35)28-14-8-12-25(30)19-28/h4-14,18-19,24,26,33H,15-17,20-21H2,1-3H3/t24-,26+,29+/m0/s1. The van der Waals surface area contributed by atoms with E-state index in [0.717, 1.165) is 11.1 Å². The van der Waals surface area contributed by atoms with Gasteiger partial charge < -0.3 is 14.7 Å². The van der Waals surface area contributed by atoms with Gasteiger partial charge in [-0.2, -0.15) is 4.31 Å². The fraction of sp³-hybridized carbons (Fsp3) is 0.379. The largest absolute Gasteiger partial charge is 0.497 e. The Kier molecular flexibility index (Phi) is 8.61. The highest BCUT2D eigenvalue weighted by molar-refractivity contribution is 7.89. The lowest BCUT2D eigenvalue weighted by atomic mass is 9.69. The van der Waals surface area contributed by atoms with Gasteiger partial charge in [0.25, 0.3) is 0 Å². The van der Waals surface area contributed by atoms with Gasteiger partial charge >= 0.3 is 0 Å².